The second kappa shape index (κ2) is 9.63. The standard InChI is InChI=1S/C25H22F3N5OS/c26-25(27,28)19-8-4-5-9-20(19)31-21(34)14-32-10-12-33(13-11-32)23-22-18(17-6-2-1-3-7-17)15-35-24(22)30-16-29-23/h1-9,15-16H,10-14H2,(H,31,34). The van der Waals surface area contributed by atoms with Gasteiger partial charge in [-0.1, -0.05) is 42.5 Å². The van der Waals surface area contributed by atoms with Crippen LogP contribution in [0.1, 0.15) is 5.56 Å². The highest BCUT2D eigenvalue weighted by molar-refractivity contribution is 7.17. The van der Waals surface area contributed by atoms with Crippen LogP contribution in [-0.4, -0.2) is 53.5 Å². The quantitative estimate of drug-likeness (QED) is 0.414. The highest BCUT2D eigenvalue weighted by atomic mass is 32.1. The molecule has 0 aliphatic carbocycles. The molecule has 0 spiro atoms. The third kappa shape index (κ3) is 4.98. The molecule has 180 valence electrons. The van der Waals surface area contributed by atoms with E-state index in [1.165, 1.54) is 18.2 Å². The molecule has 0 atom stereocenters. The summed E-state index contributed by atoms with van der Waals surface area (Å²) in [5.74, 6) is 0.391. The van der Waals surface area contributed by atoms with E-state index in [0.717, 1.165) is 33.2 Å². The fraction of sp³-hybridized carbons (Fsp3) is 0.240. The first-order valence-electron chi connectivity index (χ1n) is 11.1. The van der Waals surface area contributed by atoms with Gasteiger partial charge >= 0.3 is 6.18 Å². The predicted octanol–water partition coefficient (Wildman–Crippen LogP) is 5.14. The second-order valence-electron chi connectivity index (χ2n) is 8.25. The zero-order valence-electron chi connectivity index (χ0n) is 18.6. The van der Waals surface area contributed by atoms with Gasteiger partial charge in [0.1, 0.15) is 17.0 Å². The summed E-state index contributed by atoms with van der Waals surface area (Å²) in [5, 5.41) is 5.53. The number of rotatable bonds is 5. The smallest absolute Gasteiger partial charge is 0.353 e. The minimum Gasteiger partial charge on any atom is -0.353 e. The summed E-state index contributed by atoms with van der Waals surface area (Å²) in [6, 6.07) is 15.1. The summed E-state index contributed by atoms with van der Waals surface area (Å²) in [5.41, 5.74) is 1.12. The van der Waals surface area contributed by atoms with Crippen LogP contribution in [0.2, 0.25) is 0 Å². The van der Waals surface area contributed by atoms with E-state index in [1.54, 1.807) is 17.7 Å². The van der Waals surface area contributed by atoms with Gasteiger partial charge in [-0.25, -0.2) is 9.97 Å². The first-order chi connectivity index (χ1) is 16.9. The SMILES string of the molecule is O=C(CN1CCN(c2ncnc3scc(-c4ccccc4)c23)CC1)Nc1ccccc1C(F)(F)F. The van der Waals surface area contributed by atoms with Crippen molar-refractivity contribution in [3.05, 3.63) is 71.9 Å². The van der Waals surface area contributed by atoms with Crippen molar-refractivity contribution in [2.75, 3.05) is 42.9 Å². The molecule has 4 aromatic rings. The van der Waals surface area contributed by atoms with Gasteiger partial charge in [0.2, 0.25) is 5.91 Å². The number of carbonyl (C=O) groups excluding carboxylic acids is 1. The molecular formula is C25H22F3N5OS. The van der Waals surface area contributed by atoms with Crippen LogP contribution in [0.3, 0.4) is 0 Å². The van der Waals surface area contributed by atoms with Gasteiger partial charge in [-0.2, -0.15) is 13.2 Å². The second-order valence-corrected chi connectivity index (χ2v) is 9.11. The molecule has 0 radical (unpaired) electrons. The van der Waals surface area contributed by atoms with Gasteiger partial charge in [0.15, 0.2) is 0 Å². The minimum absolute atomic E-state index is 0.0208. The van der Waals surface area contributed by atoms with Crippen molar-refractivity contribution in [2.45, 2.75) is 6.18 Å². The lowest BCUT2D eigenvalue weighted by molar-refractivity contribution is -0.137. The first-order valence-corrected chi connectivity index (χ1v) is 12.0. The number of thiophene rings is 1. The number of nitrogens with zero attached hydrogens (tertiary/aromatic N) is 4. The Balaban J connectivity index is 1.26. The van der Waals surface area contributed by atoms with E-state index in [0.29, 0.717) is 26.2 Å². The molecule has 10 heteroatoms. The predicted molar refractivity (Wildman–Crippen MR) is 132 cm³/mol. The molecule has 1 amide bonds. The Labute approximate surface area is 204 Å². The number of fused-ring (bicyclic) bond motifs is 1. The summed E-state index contributed by atoms with van der Waals surface area (Å²) < 4.78 is 39.6. The van der Waals surface area contributed by atoms with Gasteiger partial charge in [0, 0.05) is 37.1 Å². The summed E-state index contributed by atoms with van der Waals surface area (Å²) in [4.78, 5) is 26.5. The van der Waals surface area contributed by atoms with Crippen molar-refractivity contribution in [1.82, 2.24) is 14.9 Å². The number of para-hydroxylation sites is 1. The molecule has 0 unspecified atom stereocenters. The van der Waals surface area contributed by atoms with Crippen molar-refractivity contribution < 1.29 is 18.0 Å². The number of benzene rings is 2. The fourth-order valence-corrected chi connectivity index (χ4v) is 5.19. The van der Waals surface area contributed by atoms with Crippen molar-refractivity contribution in [1.29, 1.82) is 0 Å². The summed E-state index contributed by atoms with van der Waals surface area (Å²) in [7, 11) is 0. The molecule has 6 nitrogen and oxygen atoms in total. The molecule has 35 heavy (non-hydrogen) atoms. The van der Waals surface area contributed by atoms with Crippen LogP contribution < -0.4 is 10.2 Å². The molecule has 2 aromatic carbocycles. The number of hydrogen-bond acceptors (Lipinski definition) is 6. The van der Waals surface area contributed by atoms with Crippen molar-refractivity contribution in [3.8, 4) is 11.1 Å². The average molecular weight is 498 g/mol. The van der Waals surface area contributed by atoms with Crippen molar-refractivity contribution >= 4 is 39.0 Å². The molecule has 5 rings (SSSR count). The Hall–Kier alpha value is -3.50. The molecule has 3 heterocycles. The van der Waals surface area contributed by atoms with Gasteiger partial charge in [-0.15, -0.1) is 11.3 Å². The fourth-order valence-electron chi connectivity index (χ4n) is 4.28. The van der Waals surface area contributed by atoms with Crippen LogP contribution in [0.5, 0.6) is 0 Å². The molecular weight excluding hydrogens is 475 g/mol. The number of nitrogens with one attached hydrogen (secondary N) is 1. The summed E-state index contributed by atoms with van der Waals surface area (Å²) >= 11 is 1.58. The number of carbonyl (C=O) groups is 1. The lowest BCUT2D eigenvalue weighted by Gasteiger charge is -2.35. The van der Waals surface area contributed by atoms with E-state index in [-0.39, 0.29) is 12.2 Å². The van der Waals surface area contributed by atoms with E-state index in [2.05, 4.69) is 37.7 Å². The number of anilines is 2. The molecule has 2 aromatic heterocycles. The van der Waals surface area contributed by atoms with E-state index in [1.807, 2.05) is 23.1 Å². The molecule has 1 N–H and O–H groups in total. The zero-order valence-corrected chi connectivity index (χ0v) is 19.4. The number of alkyl halides is 3. The van der Waals surface area contributed by atoms with E-state index in [4.69, 9.17) is 0 Å². The Morgan fingerprint density at radius 3 is 2.43 bits per heavy atom. The topological polar surface area (TPSA) is 61.4 Å². The van der Waals surface area contributed by atoms with Crippen LogP contribution in [0, 0.1) is 0 Å². The van der Waals surface area contributed by atoms with E-state index < -0.39 is 17.6 Å². The monoisotopic (exact) mass is 497 g/mol. The average Bonchev–Trinajstić information content (AvgIpc) is 3.29. The normalized spacial score (nSPS) is 14.9. The van der Waals surface area contributed by atoms with Gasteiger partial charge in [-0.3, -0.25) is 9.69 Å². The van der Waals surface area contributed by atoms with Crippen LogP contribution >= 0.6 is 11.3 Å². The first kappa shape index (κ1) is 23.3. The number of aromatic nitrogens is 2. The molecule has 1 aliphatic heterocycles. The van der Waals surface area contributed by atoms with Gasteiger partial charge < -0.3 is 10.2 Å². The summed E-state index contributed by atoms with van der Waals surface area (Å²) in [6.45, 7) is 2.48. The number of halogens is 3. The van der Waals surface area contributed by atoms with Gasteiger partial charge in [-0.05, 0) is 17.7 Å². The minimum atomic E-state index is -4.53. The molecule has 1 fully saturated rings. The molecule has 0 saturated carbocycles. The Morgan fingerprint density at radius 1 is 0.971 bits per heavy atom. The van der Waals surface area contributed by atoms with Crippen LogP contribution in [-0.2, 0) is 11.0 Å². The van der Waals surface area contributed by atoms with E-state index >= 15 is 0 Å². The molecule has 1 aliphatic rings. The Morgan fingerprint density at radius 2 is 1.69 bits per heavy atom. The van der Waals surface area contributed by atoms with Gasteiger partial charge in [0.25, 0.3) is 0 Å². The highest BCUT2D eigenvalue weighted by Crippen LogP contribution is 2.38. The third-order valence-electron chi connectivity index (χ3n) is 5.98. The van der Waals surface area contributed by atoms with Crippen LogP contribution in [0.4, 0.5) is 24.7 Å². The Kier molecular flexibility index (Phi) is 6.40. The lowest BCUT2D eigenvalue weighted by Crippen LogP contribution is -2.49. The lowest BCUT2D eigenvalue weighted by atomic mass is 10.1. The maximum atomic E-state index is 13.2. The largest absolute Gasteiger partial charge is 0.418 e. The number of amides is 1. The van der Waals surface area contributed by atoms with Gasteiger partial charge in [0.05, 0.1) is 23.2 Å². The molecule has 1 saturated heterocycles. The third-order valence-corrected chi connectivity index (χ3v) is 6.87. The maximum Gasteiger partial charge on any atom is 0.418 e. The zero-order chi connectivity index (χ0) is 24.4. The molecule has 0 bridgehead atoms. The van der Waals surface area contributed by atoms with Crippen LogP contribution in [0.25, 0.3) is 21.3 Å². The van der Waals surface area contributed by atoms with E-state index in [9.17, 15) is 18.0 Å². The highest BCUT2D eigenvalue weighted by Gasteiger charge is 2.33. The van der Waals surface area contributed by atoms with Crippen LogP contribution in [0.15, 0.2) is 66.3 Å². The maximum absolute atomic E-state index is 13.2. The van der Waals surface area contributed by atoms with Crippen molar-refractivity contribution in [2.24, 2.45) is 0 Å². The number of hydrogen-bond donors (Lipinski definition) is 1. The van der Waals surface area contributed by atoms with Crippen molar-refractivity contribution in [3.63, 3.8) is 0 Å². The summed E-state index contributed by atoms with van der Waals surface area (Å²) in [6.07, 6.45) is -2.96. The number of piperazine rings is 1. The Bertz CT molecular complexity index is 1330.